The predicted octanol–water partition coefficient (Wildman–Crippen LogP) is 6.21. The first-order valence-corrected chi connectivity index (χ1v) is 7.29. The van der Waals surface area contributed by atoms with Crippen LogP contribution in [0, 0.1) is 11.6 Å². The number of nitrogens with one attached hydrogen (secondary N) is 1. The zero-order valence-corrected chi connectivity index (χ0v) is 13.5. The lowest BCUT2D eigenvalue weighted by Gasteiger charge is -2.18. The molecule has 1 unspecified atom stereocenters. The summed E-state index contributed by atoms with van der Waals surface area (Å²) in [6.07, 6.45) is 0. The van der Waals surface area contributed by atoms with Crippen LogP contribution in [-0.4, -0.2) is 0 Å². The largest absolute Gasteiger partial charge is 0.376 e. The summed E-state index contributed by atoms with van der Waals surface area (Å²) < 4.78 is 27.3. The van der Waals surface area contributed by atoms with E-state index in [1.165, 1.54) is 0 Å². The van der Waals surface area contributed by atoms with E-state index in [0.717, 1.165) is 12.1 Å². The molecule has 2 rings (SSSR count). The van der Waals surface area contributed by atoms with E-state index < -0.39 is 11.6 Å². The Kier molecular flexibility index (Phi) is 4.89. The highest BCUT2D eigenvalue weighted by Crippen LogP contribution is 2.30. The summed E-state index contributed by atoms with van der Waals surface area (Å²) in [4.78, 5) is 0. The van der Waals surface area contributed by atoms with Crippen molar-refractivity contribution in [2.45, 2.75) is 13.0 Å². The van der Waals surface area contributed by atoms with Crippen molar-refractivity contribution in [1.82, 2.24) is 0 Å². The van der Waals surface area contributed by atoms with Crippen LogP contribution in [0.1, 0.15) is 18.5 Å². The van der Waals surface area contributed by atoms with Crippen molar-refractivity contribution in [3.05, 3.63) is 62.0 Å². The first kappa shape index (κ1) is 15.5. The maximum absolute atomic E-state index is 13.8. The lowest BCUT2D eigenvalue weighted by molar-refractivity contribution is 0.595. The van der Waals surface area contributed by atoms with Gasteiger partial charge in [0.2, 0.25) is 0 Å². The van der Waals surface area contributed by atoms with Gasteiger partial charge >= 0.3 is 0 Å². The molecule has 106 valence electrons. The van der Waals surface area contributed by atoms with Crippen LogP contribution in [0.3, 0.4) is 0 Å². The minimum absolute atomic E-state index is 0.0641. The van der Waals surface area contributed by atoms with Gasteiger partial charge in [0.15, 0.2) is 0 Å². The minimum atomic E-state index is -0.553. The molecule has 2 aromatic carbocycles. The van der Waals surface area contributed by atoms with Crippen molar-refractivity contribution in [2.75, 3.05) is 5.32 Å². The lowest BCUT2D eigenvalue weighted by atomic mass is 10.1. The van der Waals surface area contributed by atoms with Crippen LogP contribution < -0.4 is 5.32 Å². The van der Waals surface area contributed by atoms with Gasteiger partial charge in [-0.25, -0.2) is 8.78 Å². The number of benzene rings is 2. The van der Waals surface area contributed by atoms with E-state index in [4.69, 9.17) is 23.2 Å². The number of anilines is 1. The van der Waals surface area contributed by atoms with Crippen molar-refractivity contribution in [1.29, 1.82) is 0 Å². The van der Waals surface area contributed by atoms with Gasteiger partial charge in [0.05, 0.1) is 16.2 Å². The van der Waals surface area contributed by atoms with Crippen LogP contribution >= 0.6 is 39.1 Å². The molecule has 0 aliphatic rings. The number of halogens is 5. The van der Waals surface area contributed by atoms with Crippen LogP contribution in [0.2, 0.25) is 10.0 Å². The lowest BCUT2D eigenvalue weighted by Crippen LogP contribution is -2.09. The van der Waals surface area contributed by atoms with Gasteiger partial charge < -0.3 is 5.32 Å². The van der Waals surface area contributed by atoms with Crippen LogP contribution in [0.5, 0.6) is 0 Å². The Labute approximate surface area is 134 Å². The fourth-order valence-electron chi connectivity index (χ4n) is 1.79. The molecule has 0 aliphatic carbocycles. The van der Waals surface area contributed by atoms with Crippen LogP contribution in [-0.2, 0) is 0 Å². The smallest absolute Gasteiger partial charge is 0.147 e. The van der Waals surface area contributed by atoms with Gasteiger partial charge in [-0.3, -0.25) is 0 Å². The van der Waals surface area contributed by atoms with E-state index in [1.54, 1.807) is 25.1 Å². The van der Waals surface area contributed by atoms with E-state index in [1.807, 2.05) is 0 Å². The molecule has 20 heavy (non-hydrogen) atoms. The standard InChI is InChI=1S/C14H10BrCl2F2N/c1-7(9-4-8(16)2-3-11(9)17)20-14-6-12(18)10(15)5-13(14)19/h2-7,20H,1H3. The second-order valence-electron chi connectivity index (χ2n) is 4.28. The molecular formula is C14H10BrCl2F2N. The summed E-state index contributed by atoms with van der Waals surface area (Å²) >= 11 is 14.9. The highest BCUT2D eigenvalue weighted by atomic mass is 79.9. The zero-order valence-electron chi connectivity index (χ0n) is 10.4. The van der Waals surface area contributed by atoms with Crippen LogP contribution in [0.15, 0.2) is 34.8 Å². The number of hydrogen-bond acceptors (Lipinski definition) is 1. The maximum atomic E-state index is 13.8. The molecule has 0 heterocycles. The number of rotatable bonds is 3. The summed E-state index contributed by atoms with van der Waals surface area (Å²) in [7, 11) is 0. The Morgan fingerprint density at radius 3 is 2.50 bits per heavy atom. The van der Waals surface area contributed by atoms with E-state index in [2.05, 4.69) is 21.2 Å². The van der Waals surface area contributed by atoms with E-state index in [9.17, 15) is 8.78 Å². The highest BCUT2D eigenvalue weighted by molar-refractivity contribution is 9.10. The van der Waals surface area contributed by atoms with Gasteiger partial charge in [-0.05, 0) is 52.7 Å². The van der Waals surface area contributed by atoms with Crippen molar-refractivity contribution in [3.63, 3.8) is 0 Å². The SMILES string of the molecule is CC(Nc1cc(F)c(Br)cc1F)c1cc(Cl)ccc1Cl. The highest BCUT2D eigenvalue weighted by Gasteiger charge is 2.14. The Morgan fingerprint density at radius 2 is 1.80 bits per heavy atom. The molecule has 2 aromatic rings. The predicted molar refractivity (Wildman–Crippen MR) is 82.6 cm³/mol. The van der Waals surface area contributed by atoms with Gasteiger partial charge in [-0.1, -0.05) is 23.2 Å². The van der Waals surface area contributed by atoms with E-state index in [0.29, 0.717) is 15.6 Å². The van der Waals surface area contributed by atoms with Gasteiger partial charge in [0.25, 0.3) is 0 Å². The summed E-state index contributed by atoms with van der Waals surface area (Å²) in [6, 6.07) is 6.86. The van der Waals surface area contributed by atoms with Crippen molar-refractivity contribution in [3.8, 4) is 0 Å². The minimum Gasteiger partial charge on any atom is -0.376 e. The van der Waals surface area contributed by atoms with Crippen molar-refractivity contribution in [2.24, 2.45) is 0 Å². The molecule has 0 saturated carbocycles. The van der Waals surface area contributed by atoms with Crippen LogP contribution in [0.25, 0.3) is 0 Å². The first-order valence-electron chi connectivity index (χ1n) is 5.74. The molecule has 0 radical (unpaired) electrons. The molecule has 6 heteroatoms. The molecule has 0 spiro atoms. The van der Waals surface area contributed by atoms with Crippen molar-refractivity contribution >= 4 is 44.8 Å². The monoisotopic (exact) mass is 379 g/mol. The van der Waals surface area contributed by atoms with Gasteiger partial charge in [-0.15, -0.1) is 0 Å². The van der Waals surface area contributed by atoms with Gasteiger partial charge in [-0.2, -0.15) is 0 Å². The summed E-state index contributed by atoms with van der Waals surface area (Å²) in [5.41, 5.74) is 0.774. The van der Waals surface area contributed by atoms with E-state index >= 15 is 0 Å². The van der Waals surface area contributed by atoms with Gasteiger partial charge in [0, 0.05) is 16.1 Å². The fourth-order valence-corrected chi connectivity index (χ4v) is 2.57. The molecule has 0 fully saturated rings. The van der Waals surface area contributed by atoms with Gasteiger partial charge in [0.1, 0.15) is 11.6 Å². The second kappa shape index (κ2) is 6.29. The Morgan fingerprint density at radius 1 is 1.10 bits per heavy atom. The fraction of sp³-hybridized carbons (Fsp3) is 0.143. The molecule has 0 amide bonds. The molecule has 1 atom stereocenters. The molecular weight excluding hydrogens is 371 g/mol. The normalized spacial score (nSPS) is 12.3. The Hall–Kier alpha value is -0.840. The van der Waals surface area contributed by atoms with E-state index in [-0.39, 0.29) is 16.2 Å². The van der Waals surface area contributed by atoms with Crippen molar-refractivity contribution < 1.29 is 8.78 Å². The van der Waals surface area contributed by atoms with Crippen LogP contribution in [0.4, 0.5) is 14.5 Å². The summed E-state index contributed by atoms with van der Waals surface area (Å²) in [5, 5.41) is 3.92. The third kappa shape index (κ3) is 3.43. The molecule has 0 bridgehead atoms. The molecule has 0 aliphatic heterocycles. The molecule has 0 saturated heterocycles. The Balaban J connectivity index is 2.30. The molecule has 0 aromatic heterocycles. The zero-order chi connectivity index (χ0) is 14.9. The summed E-state index contributed by atoms with van der Waals surface area (Å²) in [5.74, 6) is -1.10. The second-order valence-corrected chi connectivity index (χ2v) is 5.98. The maximum Gasteiger partial charge on any atom is 0.147 e. The average Bonchev–Trinajstić information content (AvgIpc) is 2.38. The first-order chi connectivity index (χ1) is 9.38. The quantitative estimate of drug-likeness (QED) is 0.624. The molecule has 1 N–H and O–H groups in total. The third-order valence-corrected chi connectivity index (χ3v) is 3.99. The topological polar surface area (TPSA) is 12.0 Å². The number of hydrogen-bond donors (Lipinski definition) is 1. The Bertz CT molecular complexity index is 649. The molecule has 1 nitrogen and oxygen atoms in total. The third-order valence-electron chi connectivity index (χ3n) is 2.81. The average molecular weight is 381 g/mol. The summed E-state index contributed by atoms with van der Waals surface area (Å²) in [6.45, 7) is 1.79.